The fourth-order valence-electron chi connectivity index (χ4n) is 2.30. The number of hydrogen-bond acceptors (Lipinski definition) is 3. The highest BCUT2D eigenvalue weighted by Gasteiger charge is 2.31. The van der Waals surface area contributed by atoms with Crippen LogP contribution in [-0.2, 0) is 10.2 Å². The van der Waals surface area contributed by atoms with E-state index in [4.69, 9.17) is 5.73 Å². The average Bonchev–Trinajstić information content (AvgIpc) is 2.65. The summed E-state index contributed by atoms with van der Waals surface area (Å²) in [6.07, 6.45) is 3.00. The fourth-order valence-corrected chi connectivity index (χ4v) is 3.83. The lowest BCUT2D eigenvalue weighted by Gasteiger charge is -2.24. The summed E-state index contributed by atoms with van der Waals surface area (Å²) in [5, 5.41) is 0. The second-order valence-corrected chi connectivity index (χ2v) is 5.94. The van der Waals surface area contributed by atoms with Gasteiger partial charge in [0, 0.05) is 19.1 Å². The van der Waals surface area contributed by atoms with Crippen molar-refractivity contribution < 1.29 is 8.42 Å². The van der Waals surface area contributed by atoms with Crippen LogP contribution in [0.3, 0.4) is 0 Å². The van der Waals surface area contributed by atoms with Gasteiger partial charge in [0.25, 0.3) is 10.2 Å². The maximum Gasteiger partial charge on any atom is 0.279 e. The number of nitrogens with one attached hydrogen (secondary N) is 1. The van der Waals surface area contributed by atoms with Crippen molar-refractivity contribution in [2.75, 3.05) is 19.6 Å². The van der Waals surface area contributed by atoms with Crippen molar-refractivity contribution in [2.24, 2.45) is 11.7 Å². The Kier molecular flexibility index (Phi) is 7.58. The topological polar surface area (TPSA) is 75.4 Å². The van der Waals surface area contributed by atoms with Gasteiger partial charge in [0.1, 0.15) is 0 Å². The summed E-state index contributed by atoms with van der Waals surface area (Å²) in [7, 11) is -3.32. The first-order valence-corrected chi connectivity index (χ1v) is 7.46. The molecule has 7 heteroatoms. The average molecular weight is 286 g/mol. The summed E-state index contributed by atoms with van der Waals surface area (Å²) in [4.78, 5) is 0. The van der Waals surface area contributed by atoms with Crippen LogP contribution >= 0.6 is 12.4 Å². The molecule has 0 radical (unpaired) electrons. The lowest BCUT2D eigenvalue weighted by molar-refractivity contribution is 0.402. The Labute approximate surface area is 111 Å². The van der Waals surface area contributed by atoms with E-state index in [1.807, 2.05) is 13.8 Å². The largest absolute Gasteiger partial charge is 0.330 e. The van der Waals surface area contributed by atoms with Gasteiger partial charge in [0.05, 0.1) is 0 Å². The number of nitrogens with zero attached hydrogens (tertiary/aromatic N) is 1. The van der Waals surface area contributed by atoms with Gasteiger partial charge in [-0.2, -0.15) is 17.4 Å². The molecule has 1 aliphatic carbocycles. The molecule has 1 rings (SSSR count). The van der Waals surface area contributed by atoms with E-state index in [0.29, 0.717) is 25.6 Å². The van der Waals surface area contributed by atoms with Gasteiger partial charge in [-0.15, -0.1) is 12.4 Å². The third kappa shape index (κ3) is 4.37. The van der Waals surface area contributed by atoms with E-state index in [2.05, 4.69) is 4.72 Å². The smallest absolute Gasteiger partial charge is 0.279 e. The van der Waals surface area contributed by atoms with Crippen LogP contribution in [0.4, 0.5) is 0 Å². The minimum Gasteiger partial charge on any atom is -0.330 e. The van der Waals surface area contributed by atoms with Crippen LogP contribution < -0.4 is 10.5 Å². The molecule has 0 heterocycles. The zero-order chi connectivity index (χ0) is 12.2. The summed E-state index contributed by atoms with van der Waals surface area (Å²) in [6, 6.07) is 0.0237. The van der Waals surface area contributed by atoms with Crippen LogP contribution in [0.15, 0.2) is 0 Å². The monoisotopic (exact) mass is 285 g/mol. The van der Waals surface area contributed by atoms with E-state index >= 15 is 0 Å². The molecule has 104 valence electrons. The molecule has 0 amide bonds. The Balaban J connectivity index is 0.00000256. The highest BCUT2D eigenvalue weighted by atomic mass is 35.5. The first-order chi connectivity index (χ1) is 7.55. The highest BCUT2D eigenvalue weighted by molar-refractivity contribution is 7.87. The van der Waals surface area contributed by atoms with E-state index in [1.54, 1.807) is 0 Å². The zero-order valence-corrected chi connectivity index (χ0v) is 12.2. The van der Waals surface area contributed by atoms with Crippen molar-refractivity contribution in [3.05, 3.63) is 0 Å². The van der Waals surface area contributed by atoms with Gasteiger partial charge in [0.15, 0.2) is 0 Å². The molecular weight excluding hydrogens is 262 g/mol. The summed E-state index contributed by atoms with van der Waals surface area (Å²) >= 11 is 0. The minimum atomic E-state index is -3.32. The third-order valence-corrected chi connectivity index (χ3v) is 5.10. The Bertz CT molecular complexity index is 307. The molecule has 17 heavy (non-hydrogen) atoms. The van der Waals surface area contributed by atoms with Crippen molar-refractivity contribution in [2.45, 2.75) is 39.2 Å². The Morgan fingerprint density at radius 3 is 2.35 bits per heavy atom. The minimum absolute atomic E-state index is 0. The fraction of sp³-hybridized carbons (Fsp3) is 1.00. The number of nitrogens with two attached hydrogens (primary N) is 1. The third-order valence-electron chi connectivity index (χ3n) is 3.31. The first kappa shape index (κ1) is 17.1. The summed E-state index contributed by atoms with van der Waals surface area (Å²) in [5.74, 6) is 0.297. The van der Waals surface area contributed by atoms with Gasteiger partial charge in [0.2, 0.25) is 0 Å². The van der Waals surface area contributed by atoms with E-state index < -0.39 is 10.2 Å². The van der Waals surface area contributed by atoms with Crippen molar-refractivity contribution >= 4 is 22.6 Å². The van der Waals surface area contributed by atoms with Crippen LogP contribution in [0, 0.1) is 5.92 Å². The molecular formula is C10H24ClN3O2S. The van der Waals surface area contributed by atoms with E-state index in [1.165, 1.54) is 4.31 Å². The van der Waals surface area contributed by atoms with Crippen LogP contribution in [0.25, 0.3) is 0 Å². The molecule has 1 saturated carbocycles. The molecule has 5 nitrogen and oxygen atoms in total. The molecule has 0 aliphatic heterocycles. The molecule has 2 unspecified atom stereocenters. The molecule has 0 bridgehead atoms. The normalized spacial score (nSPS) is 24.9. The van der Waals surface area contributed by atoms with Crippen LogP contribution in [0.5, 0.6) is 0 Å². The molecule has 2 atom stereocenters. The Morgan fingerprint density at radius 1 is 1.29 bits per heavy atom. The van der Waals surface area contributed by atoms with Crippen LogP contribution in [0.1, 0.15) is 33.1 Å². The second-order valence-electron chi connectivity index (χ2n) is 4.24. The van der Waals surface area contributed by atoms with Crippen molar-refractivity contribution in [1.29, 1.82) is 0 Å². The lowest BCUT2D eigenvalue weighted by Crippen LogP contribution is -2.47. The van der Waals surface area contributed by atoms with Crippen molar-refractivity contribution in [1.82, 2.24) is 9.03 Å². The maximum absolute atomic E-state index is 12.0. The molecule has 0 saturated heterocycles. The number of rotatable bonds is 6. The molecule has 3 N–H and O–H groups in total. The van der Waals surface area contributed by atoms with Gasteiger partial charge in [-0.1, -0.05) is 20.3 Å². The Morgan fingerprint density at radius 2 is 1.88 bits per heavy atom. The molecule has 0 aromatic rings. The van der Waals surface area contributed by atoms with Crippen LogP contribution in [0.2, 0.25) is 0 Å². The van der Waals surface area contributed by atoms with Gasteiger partial charge in [-0.3, -0.25) is 0 Å². The SMILES string of the molecule is CCN(CC)S(=O)(=O)NC1CCCC1CN.Cl. The Hall–Kier alpha value is 0.120. The van der Waals surface area contributed by atoms with Crippen molar-refractivity contribution in [3.63, 3.8) is 0 Å². The highest BCUT2D eigenvalue weighted by Crippen LogP contribution is 2.25. The molecule has 0 spiro atoms. The quantitative estimate of drug-likeness (QED) is 0.755. The molecule has 1 fully saturated rings. The van der Waals surface area contributed by atoms with Crippen molar-refractivity contribution in [3.8, 4) is 0 Å². The number of hydrogen-bond donors (Lipinski definition) is 2. The van der Waals surface area contributed by atoms with E-state index in [9.17, 15) is 8.42 Å². The van der Waals surface area contributed by atoms with E-state index in [0.717, 1.165) is 19.3 Å². The molecule has 1 aliphatic rings. The predicted octanol–water partition coefficient (Wildman–Crippen LogP) is 0.712. The lowest BCUT2D eigenvalue weighted by atomic mass is 10.1. The van der Waals surface area contributed by atoms with Gasteiger partial charge in [-0.25, -0.2) is 0 Å². The summed E-state index contributed by atoms with van der Waals surface area (Å²) in [5.41, 5.74) is 5.64. The molecule has 0 aromatic heterocycles. The van der Waals surface area contributed by atoms with Gasteiger partial charge in [-0.05, 0) is 25.3 Å². The summed E-state index contributed by atoms with van der Waals surface area (Å²) in [6.45, 7) is 5.26. The number of halogens is 1. The first-order valence-electron chi connectivity index (χ1n) is 6.02. The van der Waals surface area contributed by atoms with Gasteiger partial charge >= 0.3 is 0 Å². The predicted molar refractivity (Wildman–Crippen MR) is 72.4 cm³/mol. The standard InChI is InChI=1S/C10H23N3O2S.ClH/c1-3-13(4-2)16(14,15)12-10-7-5-6-9(10)8-11;/h9-10,12H,3-8,11H2,1-2H3;1H. The summed E-state index contributed by atoms with van der Waals surface area (Å²) < 4.78 is 28.2. The van der Waals surface area contributed by atoms with Crippen LogP contribution in [-0.4, -0.2) is 38.4 Å². The van der Waals surface area contributed by atoms with E-state index in [-0.39, 0.29) is 18.4 Å². The molecule has 0 aromatic carbocycles. The zero-order valence-electron chi connectivity index (χ0n) is 10.6. The second kappa shape index (κ2) is 7.53. The maximum atomic E-state index is 12.0. The van der Waals surface area contributed by atoms with Gasteiger partial charge < -0.3 is 5.73 Å².